The van der Waals surface area contributed by atoms with Crippen LogP contribution >= 0.6 is 11.8 Å². The maximum Gasteiger partial charge on any atom is 0.337 e. The van der Waals surface area contributed by atoms with Gasteiger partial charge in [0.2, 0.25) is 11.8 Å². The number of aliphatic imine (C=N–C) groups is 1. The fourth-order valence-electron chi connectivity index (χ4n) is 2.89. The summed E-state index contributed by atoms with van der Waals surface area (Å²) in [6.45, 7) is 0. The van der Waals surface area contributed by atoms with Crippen molar-refractivity contribution in [3.05, 3.63) is 59.7 Å². The molecule has 1 atom stereocenters. The van der Waals surface area contributed by atoms with E-state index in [-0.39, 0.29) is 18.2 Å². The number of carbonyl (C=O) groups is 4. The van der Waals surface area contributed by atoms with Crippen LogP contribution in [-0.4, -0.2) is 60.3 Å². The first kappa shape index (κ1) is 23.0. The molecule has 2 amide bonds. The fourth-order valence-corrected chi connectivity index (χ4v) is 4.04. The zero-order valence-corrected chi connectivity index (χ0v) is 18.5. The second-order valence-electron chi connectivity index (χ2n) is 6.76. The third kappa shape index (κ3) is 5.33. The molecule has 1 fully saturated rings. The molecule has 166 valence electrons. The summed E-state index contributed by atoms with van der Waals surface area (Å²) in [6, 6.07) is 12.7. The zero-order chi connectivity index (χ0) is 23.3. The molecule has 2 aromatic rings. The molecule has 1 aliphatic heterocycles. The third-order valence-electron chi connectivity index (χ3n) is 4.61. The van der Waals surface area contributed by atoms with Gasteiger partial charge in [-0.25, -0.2) is 14.6 Å². The van der Waals surface area contributed by atoms with Crippen molar-refractivity contribution in [2.75, 3.05) is 26.6 Å². The minimum absolute atomic E-state index is 0.0348. The van der Waals surface area contributed by atoms with E-state index in [4.69, 9.17) is 0 Å². The summed E-state index contributed by atoms with van der Waals surface area (Å²) >= 11 is 1.20. The third-order valence-corrected chi connectivity index (χ3v) is 5.84. The predicted octanol–water partition coefficient (Wildman–Crippen LogP) is 2.85. The van der Waals surface area contributed by atoms with Crippen LogP contribution in [0.3, 0.4) is 0 Å². The van der Waals surface area contributed by atoms with Crippen LogP contribution in [0.5, 0.6) is 0 Å². The maximum absolute atomic E-state index is 12.6. The van der Waals surface area contributed by atoms with E-state index in [0.29, 0.717) is 27.7 Å². The molecule has 0 aliphatic carbocycles. The van der Waals surface area contributed by atoms with Gasteiger partial charge in [-0.1, -0.05) is 11.8 Å². The Morgan fingerprint density at radius 3 is 2.03 bits per heavy atom. The first-order chi connectivity index (χ1) is 15.3. The van der Waals surface area contributed by atoms with Crippen molar-refractivity contribution in [2.45, 2.75) is 11.7 Å². The number of amides is 2. The Labute approximate surface area is 188 Å². The summed E-state index contributed by atoms with van der Waals surface area (Å²) in [5.74, 6) is -1.47. The van der Waals surface area contributed by atoms with E-state index in [1.165, 1.54) is 30.9 Å². The lowest BCUT2D eigenvalue weighted by atomic mass is 10.2. The molecular formula is C22H21N3O6S. The molecule has 3 rings (SSSR count). The number of rotatable bonds is 6. The topological polar surface area (TPSA) is 114 Å². The van der Waals surface area contributed by atoms with Gasteiger partial charge in [-0.05, 0) is 48.5 Å². The Bertz CT molecular complexity index is 1070. The predicted molar refractivity (Wildman–Crippen MR) is 120 cm³/mol. The van der Waals surface area contributed by atoms with E-state index >= 15 is 0 Å². The van der Waals surface area contributed by atoms with Gasteiger partial charge in [-0.3, -0.25) is 14.5 Å². The van der Waals surface area contributed by atoms with Crippen molar-refractivity contribution in [1.29, 1.82) is 0 Å². The minimum Gasteiger partial charge on any atom is -0.465 e. The molecule has 1 N–H and O–H groups in total. The fraction of sp³-hybridized carbons (Fsp3) is 0.227. The first-order valence-electron chi connectivity index (χ1n) is 9.52. The number of amidine groups is 1. The van der Waals surface area contributed by atoms with E-state index in [1.807, 2.05) is 0 Å². The summed E-state index contributed by atoms with van der Waals surface area (Å²) in [5.41, 5.74) is 1.84. The largest absolute Gasteiger partial charge is 0.465 e. The molecule has 0 bridgehead atoms. The number of methoxy groups -OCH3 is 2. The van der Waals surface area contributed by atoms with Crippen LogP contribution in [0.25, 0.3) is 0 Å². The summed E-state index contributed by atoms with van der Waals surface area (Å²) in [7, 11) is 4.20. The van der Waals surface area contributed by atoms with Crippen LogP contribution in [0, 0.1) is 0 Å². The summed E-state index contributed by atoms with van der Waals surface area (Å²) < 4.78 is 9.30. The number of ether oxygens (including phenoxy) is 2. The molecule has 0 saturated carbocycles. The highest BCUT2D eigenvalue weighted by molar-refractivity contribution is 8.15. The SMILES string of the molecule is COC(=O)c1ccc(N=C2S[C@H](CC(=O)Nc3ccc(C(=O)OC)cc3)C(=O)N2C)cc1. The van der Waals surface area contributed by atoms with Gasteiger partial charge in [0.25, 0.3) is 0 Å². The second-order valence-corrected chi connectivity index (χ2v) is 7.93. The first-order valence-corrected chi connectivity index (χ1v) is 10.4. The molecule has 0 spiro atoms. The van der Waals surface area contributed by atoms with Crippen LogP contribution in [0.1, 0.15) is 27.1 Å². The molecule has 32 heavy (non-hydrogen) atoms. The van der Waals surface area contributed by atoms with Crippen molar-refractivity contribution >= 4 is 52.1 Å². The number of carbonyl (C=O) groups excluding carboxylic acids is 4. The monoisotopic (exact) mass is 455 g/mol. The van der Waals surface area contributed by atoms with Crippen LogP contribution in [0.4, 0.5) is 11.4 Å². The smallest absolute Gasteiger partial charge is 0.337 e. The maximum atomic E-state index is 12.6. The Hall–Kier alpha value is -3.66. The molecule has 1 aliphatic rings. The molecule has 9 nitrogen and oxygen atoms in total. The zero-order valence-electron chi connectivity index (χ0n) is 17.7. The van der Waals surface area contributed by atoms with E-state index in [2.05, 4.69) is 19.8 Å². The molecule has 10 heteroatoms. The van der Waals surface area contributed by atoms with Gasteiger partial charge in [-0.15, -0.1) is 0 Å². The average molecular weight is 455 g/mol. The van der Waals surface area contributed by atoms with Gasteiger partial charge in [0, 0.05) is 19.2 Å². The molecule has 1 saturated heterocycles. The summed E-state index contributed by atoms with van der Waals surface area (Å²) in [4.78, 5) is 53.8. The molecular weight excluding hydrogens is 434 g/mol. The highest BCUT2D eigenvalue weighted by Gasteiger charge is 2.37. The van der Waals surface area contributed by atoms with Crippen molar-refractivity contribution in [2.24, 2.45) is 4.99 Å². The van der Waals surface area contributed by atoms with Crippen molar-refractivity contribution in [3.63, 3.8) is 0 Å². The lowest BCUT2D eigenvalue weighted by Gasteiger charge is -2.09. The van der Waals surface area contributed by atoms with Crippen molar-refractivity contribution < 1.29 is 28.7 Å². The molecule has 2 aromatic carbocycles. The van der Waals surface area contributed by atoms with E-state index < -0.39 is 17.2 Å². The van der Waals surface area contributed by atoms with Crippen LogP contribution in [0.2, 0.25) is 0 Å². The second kappa shape index (κ2) is 10.1. The van der Waals surface area contributed by atoms with Crippen LogP contribution in [-0.2, 0) is 19.1 Å². The molecule has 1 heterocycles. The summed E-state index contributed by atoms with van der Waals surface area (Å²) in [6.07, 6.45) is -0.0348. The van der Waals surface area contributed by atoms with Crippen LogP contribution in [0.15, 0.2) is 53.5 Å². The van der Waals surface area contributed by atoms with Crippen molar-refractivity contribution in [1.82, 2.24) is 4.90 Å². The number of nitrogens with zero attached hydrogens (tertiary/aromatic N) is 2. The van der Waals surface area contributed by atoms with Gasteiger partial charge < -0.3 is 14.8 Å². The molecule has 0 aromatic heterocycles. The average Bonchev–Trinajstić information content (AvgIpc) is 3.06. The Balaban J connectivity index is 1.62. The lowest BCUT2D eigenvalue weighted by molar-refractivity contribution is -0.127. The van der Waals surface area contributed by atoms with Gasteiger partial charge in [0.1, 0.15) is 5.25 Å². The minimum atomic E-state index is -0.609. The van der Waals surface area contributed by atoms with Gasteiger partial charge >= 0.3 is 11.9 Å². The lowest BCUT2D eigenvalue weighted by Crippen LogP contribution is -2.30. The standard InChI is InChI=1S/C22H21N3O6S/c1-25-19(27)17(12-18(26)23-15-8-4-13(5-9-15)20(28)30-2)32-22(25)24-16-10-6-14(7-11-16)21(29)31-3/h4-11,17H,12H2,1-3H3,(H,23,26)/t17-/m1/s1. The highest BCUT2D eigenvalue weighted by atomic mass is 32.2. The number of hydrogen-bond donors (Lipinski definition) is 1. The Morgan fingerprint density at radius 2 is 1.50 bits per heavy atom. The number of anilines is 1. The van der Waals surface area contributed by atoms with Gasteiger partial charge in [0.15, 0.2) is 5.17 Å². The van der Waals surface area contributed by atoms with Gasteiger partial charge in [-0.2, -0.15) is 0 Å². The van der Waals surface area contributed by atoms with Crippen LogP contribution < -0.4 is 5.32 Å². The number of benzene rings is 2. The Kier molecular flexibility index (Phi) is 7.26. The normalized spacial score (nSPS) is 16.7. The highest BCUT2D eigenvalue weighted by Crippen LogP contribution is 2.31. The van der Waals surface area contributed by atoms with E-state index in [1.54, 1.807) is 55.6 Å². The van der Waals surface area contributed by atoms with E-state index in [9.17, 15) is 19.2 Å². The quantitative estimate of drug-likeness (QED) is 0.666. The molecule has 0 unspecified atom stereocenters. The number of esters is 2. The Morgan fingerprint density at radius 1 is 0.969 bits per heavy atom. The summed E-state index contributed by atoms with van der Waals surface area (Å²) in [5, 5.41) is 2.57. The molecule has 0 radical (unpaired) electrons. The number of thioether (sulfide) groups is 1. The van der Waals surface area contributed by atoms with Crippen molar-refractivity contribution in [3.8, 4) is 0 Å². The number of nitrogens with one attached hydrogen (secondary N) is 1. The number of hydrogen-bond acceptors (Lipinski definition) is 8. The van der Waals surface area contributed by atoms with Gasteiger partial charge in [0.05, 0.1) is 31.0 Å². The van der Waals surface area contributed by atoms with E-state index in [0.717, 1.165) is 0 Å².